The number of carbonyl (C=O) groups is 2. The van der Waals surface area contributed by atoms with Crippen molar-refractivity contribution in [3.05, 3.63) is 99.3 Å². The van der Waals surface area contributed by atoms with E-state index in [2.05, 4.69) is 0 Å². The van der Waals surface area contributed by atoms with E-state index in [0.29, 0.717) is 16.3 Å². The predicted octanol–water partition coefficient (Wildman–Crippen LogP) is 5.10. The van der Waals surface area contributed by atoms with Crippen molar-refractivity contribution in [3.8, 4) is 0 Å². The second-order valence-corrected chi connectivity index (χ2v) is 8.39. The molecule has 1 aliphatic heterocycles. The Bertz CT molecular complexity index is 1190. The molecule has 4 nitrogen and oxygen atoms in total. The third kappa shape index (κ3) is 3.87. The van der Waals surface area contributed by atoms with E-state index >= 15 is 0 Å². The molecule has 3 aromatic carbocycles. The van der Waals surface area contributed by atoms with Crippen molar-refractivity contribution >= 4 is 29.0 Å². The molecular formula is C25H21ClFNO3. The van der Waals surface area contributed by atoms with Gasteiger partial charge in [-0.15, -0.1) is 0 Å². The molecular weight excluding hydrogens is 417 g/mol. The molecule has 4 rings (SSSR count). The first-order valence-corrected chi connectivity index (χ1v) is 10.3. The normalized spacial score (nSPS) is 17.7. The van der Waals surface area contributed by atoms with Crippen molar-refractivity contribution in [2.75, 3.05) is 4.90 Å². The molecule has 158 valence electrons. The SMILES string of the molecule is Cc1ccc(CN2C(=O)C(O)(CC(=O)c3ccc(F)cc3)c3cc(Cl)ccc32)c(C)c1. The number of rotatable bonds is 5. The van der Waals surface area contributed by atoms with Crippen molar-refractivity contribution in [2.24, 2.45) is 0 Å². The maximum atomic E-state index is 13.4. The van der Waals surface area contributed by atoms with Crippen LogP contribution in [0.15, 0.2) is 60.7 Å². The minimum Gasteiger partial charge on any atom is -0.375 e. The zero-order valence-corrected chi connectivity index (χ0v) is 17.9. The number of halogens is 2. The van der Waals surface area contributed by atoms with Crippen LogP contribution in [0.1, 0.15) is 39.0 Å². The van der Waals surface area contributed by atoms with Crippen LogP contribution in [0.3, 0.4) is 0 Å². The molecule has 0 spiro atoms. The lowest BCUT2D eigenvalue weighted by molar-refractivity contribution is -0.136. The van der Waals surface area contributed by atoms with Crippen LogP contribution in [-0.4, -0.2) is 16.8 Å². The van der Waals surface area contributed by atoms with E-state index in [1.807, 2.05) is 32.0 Å². The molecule has 0 saturated heterocycles. The van der Waals surface area contributed by atoms with Gasteiger partial charge < -0.3 is 10.0 Å². The third-order valence-electron chi connectivity index (χ3n) is 5.70. The monoisotopic (exact) mass is 437 g/mol. The molecule has 1 heterocycles. The van der Waals surface area contributed by atoms with E-state index in [9.17, 15) is 19.1 Å². The maximum absolute atomic E-state index is 13.4. The summed E-state index contributed by atoms with van der Waals surface area (Å²) in [7, 11) is 0. The largest absolute Gasteiger partial charge is 0.375 e. The molecule has 0 aromatic heterocycles. The number of Topliss-reactive ketones (excluding diaryl/α,β-unsaturated/α-hetero) is 1. The predicted molar refractivity (Wildman–Crippen MR) is 118 cm³/mol. The highest BCUT2D eigenvalue weighted by Gasteiger charge is 2.51. The van der Waals surface area contributed by atoms with Crippen LogP contribution < -0.4 is 4.90 Å². The van der Waals surface area contributed by atoms with E-state index in [-0.39, 0.29) is 12.1 Å². The Hall–Kier alpha value is -3.02. The Morgan fingerprint density at radius 1 is 1.06 bits per heavy atom. The highest BCUT2D eigenvalue weighted by Crippen LogP contribution is 2.45. The number of hydrogen-bond donors (Lipinski definition) is 1. The summed E-state index contributed by atoms with van der Waals surface area (Å²) in [6.07, 6.45) is -0.464. The average Bonchev–Trinajstić information content (AvgIpc) is 2.92. The lowest BCUT2D eigenvalue weighted by Crippen LogP contribution is -2.41. The summed E-state index contributed by atoms with van der Waals surface area (Å²) in [4.78, 5) is 27.7. The fourth-order valence-corrected chi connectivity index (χ4v) is 4.19. The minimum atomic E-state index is -2.05. The lowest BCUT2D eigenvalue weighted by Gasteiger charge is -2.23. The van der Waals surface area contributed by atoms with Gasteiger partial charge in [-0.25, -0.2) is 4.39 Å². The van der Waals surface area contributed by atoms with Gasteiger partial charge in [-0.3, -0.25) is 9.59 Å². The Balaban J connectivity index is 1.71. The number of carbonyl (C=O) groups excluding carboxylic acids is 2. The molecule has 1 aliphatic rings. The number of benzene rings is 3. The van der Waals surface area contributed by atoms with Gasteiger partial charge in [0.15, 0.2) is 11.4 Å². The summed E-state index contributed by atoms with van der Waals surface area (Å²) in [5.74, 6) is -1.51. The van der Waals surface area contributed by atoms with E-state index in [1.165, 1.54) is 35.2 Å². The van der Waals surface area contributed by atoms with Crippen LogP contribution in [0, 0.1) is 19.7 Å². The van der Waals surface area contributed by atoms with Crippen molar-refractivity contribution in [1.29, 1.82) is 0 Å². The van der Waals surface area contributed by atoms with E-state index in [0.717, 1.165) is 16.7 Å². The van der Waals surface area contributed by atoms with Crippen molar-refractivity contribution in [2.45, 2.75) is 32.4 Å². The molecule has 1 amide bonds. The minimum absolute atomic E-state index is 0.221. The molecule has 1 N–H and O–H groups in total. The highest BCUT2D eigenvalue weighted by atomic mass is 35.5. The van der Waals surface area contributed by atoms with Crippen LogP contribution in [-0.2, 0) is 16.9 Å². The molecule has 6 heteroatoms. The molecule has 0 fully saturated rings. The summed E-state index contributed by atoms with van der Waals surface area (Å²) < 4.78 is 13.2. The van der Waals surface area contributed by atoms with Gasteiger partial charge in [-0.05, 0) is 67.4 Å². The van der Waals surface area contributed by atoms with Crippen molar-refractivity contribution in [3.63, 3.8) is 0 Å². The number of hydrogen-bond acceptors (Lipinski definition) is 3. The van der Waals surface area contributed by atoms with Gasteiger partial charge in [0, 0.05) is 16.1 Å². The van der Waals surface area contributed by atoms with Crippen LogP contribution in [0.2, 0.25) is 5.02 Å². The van der Waals surface area contributed by atoms with Crippen molar-refractivity contribution < 1.29 is 19.1 Å². The van der Waals surface area contributed by atoms with Crippen LogP contribution in [0.25, 0.3) is 0 Å². The molecule has 0 saturated carbocycles. The highest BCUT2D eigenvalue weighted by molar-refractivity contribution is 6.31. The van der Waals surface area contributed by atoms with Crippen molar-refractivity contribution in [1.82, 2.24) is 0 Å². The van der Waals surface area contributed by atoms with Gasteiger partial charge >= 0.3 is 0 Å². The van der Waals surface area contributed by atoms with Gasteiger partial charge in [0.25, 0.3) is 5.91 Å². The molecule has 0 bridgehead atoms. The summed E-state index contributed by atoms with van der Waals surface area (Å²) in [5.41, 5.74) is 2.07. The fraction of sp³-hybridized carbons (Fsp3) is 0.200. The maximum Gasteiger partial charge on any atom is 0.264 e. The number of ketones is 1. The average molecular weight is 438 g/mol. The summed E-state index contributed by atoms with van der Waals surface area (Å²) in [6, 6.07) is 15.8. The Morgan fingerprint density at radius 2 is 1.77 bits per heavy atom. The van der Waals surface area contributed by atoms with Gasteiger partial charge in [0.1, 0.15) is 5.82 Å². The number of fused-ring (bicyclic) bond motifs is 1. The Morgan fingerprint density at radius 3 is 2.45 bits per heavy atom. The van der Waals surface area contributed by atoms with E-state index < -0.39 is 29.5 Å². The van der Waals surface area contributed by atoms with Gasteiger partial charge in [-0.1, -0.05) is 35.4 Å². The zero-order chi connectivity index (χ0) is 22.3. The van der Waals surface area contributed by atoms with Gasteiger partial charge in [-0.2, -0.15) is 0 Å². The van der Waals surface area contributed by atoms with Crippen LogP contribution >= 0.6 is 11.6 Å². The Kier molecular flexibility index (Phi) is 5.42. The van der Waals surface area contributed by atoms with E-state index in [1.54, 1.807) is 12.1 Å². The summed E-state index contributed by atoms with van der Waals surface area (Å²) in [5, 5.41) is 11.8. The molecule has 3 aromatic rings. The topological polar surface area (TPSA) is 57.6 Å². The first-order chi connectivity index (χ1) is 14.7. The molecule has 0 aliphatic carbocycles. The van der Waals surface area contributed by atoms with Gasteiger partial charge in [0.05, 0.1) is 18.7 Å². The number of amides is 1. The van der Waals surface area contributed by atoms with Crippen LogP contribution in [0.4, 0.5) is 10.1 Å². The fourth-order valence-electron chi connectivity index (χ4n) is 4.01. The number of aryl methyl sites for hydroxylation is 2. The number of nitrogens with zero attached hydrogens (tertiary/aromatic N) is 1. The first-order valence-electron chi connectivity index (χ1n) is 9.88. The molecule has 31 heavy (non-hydrogen) atoms. The zero-order valence-electron chi connectivity index (χ0n) is 17.2. The smallest absolute Gasteiger partial charge is 0.264 e. The first kappa shape index (κ1) is 21.2. The number of aliphatic hydroxyl groups is 1. The second-order valence-electron chi connectivity index (χ2n) is 7.95. The summed E-state index contributed by atoms with van der Waals surface area (Å²) >= 11 is 6.15. The molecule has 1 atom stereocenters. The Labute approximate surface area is 184 Å². The van der Waals surface area contributed by atoms with E-state index in [4.69, 9.17) is 11.6 Å². The summed E-state index contributed by atoms with van der Waals surface area (Å²) in [6.45, 7) is 4.22. The molecule has 0 radical (unpaired) electrons. The second kappa shape index (κ2) is 7.91. The van der Waals surface area contributed by atoms with Gasteiger partial charge in [0.2, 0.25) is 0 Å². The quantitative estimate of drug-likeness (QED) is 0.565. The number of anilines is 1. The van der Waals surface area contributed by atoms with Crippen LogP contribution in [0.5, 0.6) is 0 Å². The standard InChI is InChI=1S/C25H21ClFNO3/c1-15-3-4-18(16(2)11-15)14-28-22-10-7-19(26)12-21(22)25(31,24(28)30)13-23(29)17-5-8-20(27)9-6-17/h3-12,31H,13-14H2,1-2H3. The molecule has 1 unspecified atom stereocenters. The third-order valence-corrected chi connectivity index (χ3v) is 5.94. The lowest BCUT2D eigenvalue weighted by atomic mass is 9.88.